The first-order valence-corrected chi connectivity index (χ1v) is 10.4. The minimum absolute atomic E-state index is 0.225. The molecule has 2 aromatic rings. The van der Waals surface area contributed by atoms with Crippen molar-refractivity contribution in [1.82, 2.24) is 4.98 Å². The zero-order chi connectivity index (χ0) is 16.9. The molecule has 0 amide bonds. The highest BCUT2D eigenvalue weighted by Crippen LogP contribution is 2.51. The summed E-state index contributed by atoms with van der Waals surface area (Å²) in [5.41, 5.74) is 1.72. The third-order valence-corrected chi connectivity index (χ3v) is 6.11. The van der Waals surface area contributed by atoms with Crippen molar-refractivity contribution in [3.05, 3.63) is 33.5 Å². The zero-order valence-electron chi connectivity index (χ0n) is 13.5. The molecular weight excluding hydrogens is 428 g/mol. The van der Waals surface area contributed by atoms with E-state index in [0.717, 1.165) is 25.9 Å². The molecule has 7 heteroatoms. The van der Waals surface area contributed by atoms with Crippen molar-refractivity contribution in [1.29, 1.82) is 0 Å². The van der Waals surface area contributed by atoms with Crippen LogP contribution >= 0.6 is 30.2 Å². The summed E-state index contributed by atoms with van der Waals surface area (Å²) in [6, 6.07) is 7.77. The smallest absolute Gasteiger partial charge is 0.335 e. The second-order valence-electron chi connectivity index (χ2n) is 4.83. The Morgan fingerprint density at radius 2 is 1.78 bits per heavy atom. The maximum absolute atomic E-state index is 12.7. The number of rotatable bonds is 8. The average molecular weight is 449 g/mol. The molecule has 126 valence electrons. The molecule has 0 aliphatic heterocycles. The Kier molecular flexibility index (Phi) is 6.83. The lowest BCUT2D eigenvalue weighted by Gasteiger charge is -2.17. The molecule has 0 aliphatic rings. The van der Waals surface area contributed by atoms with E-state index in [9.17, 15) is 4.57 Å². The molecule has 0 N–H and O–H groups in total. The molecule has 0 unspecified atom stereocenters. The van der Waals surface area contributed by atoms with Gasteiger partial charge in [0, 0.05) is 11.5 Å². The highest BCUT2D eigenvalue weighted by Gasteiger charge is 2.25. The lowest BCUT2D eigenvalue weighted by molar-refractivity contribution is 0.219. The monoisotopic (exact) mass is 449 g/mol. The van der Waals surface area contributed by atoms with Gasteiger partial charge >= 0.3 is 7.60 Å². The van der Waals surface area contributed by atoms with Crippen molar-refractivity contribution in [2.24, 2.45) is 0 Å². The molecular formula is C16H21INO4P. The molecule has 1 aromatic heterocycles. The largest absolute Gasteiger partial charge is 0.494 e. The van der Waals surface area contributed by atoms with E-state index >= 15 is 0 Å². The highest BCUT2D eigenvalue weighted by molar-refractivity contribution is 14.1. The van der Waals surface area contributed by atoms with Gasteiger partial charge in [0.2, 0.25) is 0 Å². The van der Waals surface area contributed by atoms with Crippen LogP contribution < -0.4 is 4.74 Å². The fourth-order valence-electron chi connectivity index (χ4n) is 2.27. The standard InChI is InChI=1S/C16H21INO4P/c1-4-20-14-8-7-12-9-13(16(17)18-15(12)10-14)11-23(19,21-5-2)22-6-3/h7-10H,4-6,11H2,1-3H3. The molecule has 0 atom stereocenters. The van der Waals surface area contributed by atoms with Crippen molar-refractivity contribution in [3.63, 3.8) is 0 Å². The quantitative estimate of drug-likeness (QED) is 0.323. The van der Waals surface area contributed by atoms with Gasteiger partial charge in [0.25, 0.3) is 0 Å². The van der Waals surface area contributed by atoms with E-state index < -0.39 is 7.60 Å². The van der Waals surface area contributed by atoms with E-state index in [1.807, 2.05) is 45.0 Å². The van der Waals surface area contributed by atoms with Gasteiger partial charge in [-0.2, -0.15) is 0 Å². The number of ether oxygens (including phenoxy) is 1. The lowest BCUT2D eigenvalue weighted by Crippen LogP contribution is -2.02. The number of pyridine rings is 1. The van der Waals surface area contributed by atoms with Crippen molar-refractivity contribution in [2.45, 2.75) is 26.9 Å². The Morgan fingerprint density at radius 1 is 1.09 bits per heavy atom. The van der Waals surface area contributed by atoms with Gasteiger partial charge in [0.05, 0.1) is 31.5 Å². The van der Waals surface area contributed by atoms with E-state index in [1.54, 1.807) is 0 Å². The van der Waals surface area contributed by atoms with E-state index in [2.05, 4.69) is 27.6 Å². The molecule has 0 spiro atoms. The van der Waals surface area contributed by atoms with Crippen LogP contribution in [-0.4, -0.2) is 24.8 Å². The van der Waals surface area contributed by atoms with E-state index in [1.165, 1.54) is 0 Å². The number of hydrogen-bond donors (Lipinski definition) is 0. The van der Waals surface area contributed by atoms with Crippen LogP contribution in [0.15, 0.2) is 24.3 Å². The Balaban J connectivity index is 2.36. The van der Waals surface area contributed by atoms with Crippen molar-refractivity contribution < 1.29 is 18.3 Å². The second kappa shape index (κ2) is 8.42. The Bertz CT molecular complexity index is 713. The molecule has 2 rings (SSSR count). The predicted octanol–water partition coefficient (Wildman–Crippen LogP) is 5.00. The molecule has 0 radical (unpaired) electrons. The molecule has 0 fully saturated rings. The van der Waals surface area contributed by atoms with Crippen LogP contribution in [0.3, 0.4) is 0 Å². The van der Waals surface area contributed by atoms with Crippen LogP contribution in [0, 0.1) is 3.70 Å². The van der Waals surface area contributed by atoms with Crippen LogP contribution in [0.1, 0.15) is 26.3 Å². The van der Waals surface area contributed by atoms with E-state index in [4.69, 9.17) is 13.8 Å². The first kappa shape index (κ1) is 18.6. The van der Waals surface area contributed by atoms with Crippen LogP contribution in [0.2, 0.25) is 0 Å². The number of nitrogens with zero attached hydrogens (tertiary/aromatic N) is 1. The predicted molar refractivity (Wildman–Crippen MR) is 100 cm³/mol. The molecule has 5 nitrogen and oxygen atoms in total. The number of benzene rings is 1. The van der Waals surface area contributed by atoms with Crippen LogP contribution in [0.5, 0.6) is 5.75 Å². The Hall–Kier alpha value is -0.690. The van der Waals surface area contributed by atoms with Crippen molar-refractivity contribution >= 4 is 41.1 Å². The topological polar surface area (TPSA) is 57.7 Å². The van der Waals surface area contributed by atoms with Crippen LogP contribution in [-0.2, 0) is 19.8 Å². The summed E-state index contributed by atoms with van der Waals surface area (Å²) < 4.78 is 29.8. The van der Waals surface area contributed by atoms with E-state index in [-0.39, 0.29) is 6.16 Å². The molecule has 0 saturated heterocycles. The fraction of sp³-hybridized carbons (Fsp3) is 0.438. The third-order valence-electron chi connectivity index (χ3n) is 3.14. The first-order valence-electron chi connectivity index (χ1n) is 7.61. The maximum Gasteiger partial charge on any atom is 0.335 e. The number of halogens is 1. The number of fused-ring (bicyclic) bond motifs is 1. The summed E-state index contributed by atoms with van der Waals surface area (Å²) in [6.45, 7) is 6.89. The summed E-state index contributed by atoms with van der Waals surface area (Å²) in [7, 11) is -3.14. The minimum atomic E-state index is -3.14. The van der Waals surface area contributed by atoms with Gasteiger partial charge < -0.3 is 13.8 Å². The van der Waals surface area contributed by atoms with Crippen LogP contribution in [0.25, 0.3) is 10.9 Å². The van der Waals surface area contributed by atoms with Gasteiger partial charge in [-0.3, -0.25) is 4.57 Å². The number of aromatic nitrogens is 1. The molecule has 0 saturated carbocycles. The maximum atomic E-state index is 12.7. The van der Waals surface area contributed by atoms with Gasteiger partial charge in [-0.15, -0.1) is 0 Å². The fourth-order valence-corrected chi connectivity index (χ4v) is 4.88. The molecule has 0 aliphatic carbocycles. The molecule has 1 aromatic carbocycles. The Morgan fingerprint density at radius 3 is 2.39 bits per heavy atom. The van der Waals surface area contributed by atoms with Gasteiger partial charge in [-0.05, 0) is 67.1 Å². The summed E-state index contributed by atoms with van der Waals surface area (Å²) in [6.07, 6.45) is 0.225. The zero-order valence-corrected chi connectivity index (χ0v) is 16.6. The minimum Gasteiger partial charge on any atom is -0.494 e. The lowest BCUT2D eigenvalue weighted by atomic mass is 10.2. The van der Waals surface area contributed by atoms with Crippen molar-refractivity contribution in [2.75, 3.05) is 19.8 Å². The van der Waals surface area contributed by atoms with Gasteiger partial charge in [0.1, 0.15) is 9.45 Å². The summed E-state index contributed by atoms with van der Waals surface area (Å²) in [5, 5.41) is 0.975. The normalized spacial score (nSPS) is 11.8. The summed E-state index contributed by atoms with van der Waals surface area (Å²) in [5.74, 6) is 0.797. The van der Waals surface area contributed by atoms with Crippen molar-refractivity contribution in [3.8, 4) is 5.75 Å². The summed E-state index contributed by atoms with van der Waals surface area (Å²) in [4.78, 5) is 4.60. The highest BCUT2D eigenvalue weighted by atomic mass is 127. The number of hydrogen-bond acceptors (Lipinski definition) is 5. The SMILES string of the molecule is CCOc1ccc2cc(CP(=O)(OCC)OCC)c(I)nc2c1. The summed E-state index contributed by atoms with van der Waals surface area (Å²) >= 11 is 2.15. The van der Waals surface area contributed by atoms with Crippen LogP contribution in [0.4, 0.5) is 0 Å². The molecule has 1 heterocycles. The molecule has 23 heavy (non-hydrogen) atoms. The first-order chi connectivity index (χ1) is 11.0. The van der Waals surface area contributed by atoms with E-state index in [0.29, 0.717) is 19.8 Å². The van der Waals surface area contributed by atoms with Gasteiger partial charge in [0.15, 0.2) is 0 Å². The van der Waals surface area contributed by atoms with Gasteiger partial charge in [-0.1, -0.05) is 0 Å². The molecule has 0 bridgehead atoms. The average Bonchev–Trinajstić information content (AvgIpc) is 2.49. The van der Waals surface area contributed by atoms with Gasteiger partial charge in [-0.25, -0.2) is 4.98 Å². The second-order valence-corrected chi connectivity index (χ2v) is 7.91. The third kappa shape index (κ3) is 4.89. The Labute approximate surface area is 150 Å².